The number of carbonyl (C=O) groups excluding carboxylic acids is 1. The second-order valence-electron chi connectivity index (χ2n) is 7.19. The fourth-order valence-electron chi connectivity index (χ4n) is 3.88. The zero-order valence-electron chi connectivity index (χ0n) is 16.4. The average Bonchev–Trinajstić information content (AvgIpc) is 2.96. The van der Waals surface area contributed by atoms with Gasteiger partial charge in [-0.05, 0) is 42.5 Å². The molecule has 0 fully saturated rings. The van der Waals surface area contributed by atoms with Crippen LogP contribution in [-0.4, -0.2) is 52.1 Å². The Hall–Kier alpha value is -2.22. The third-order valence-corrected chi connectivity index (χ3v) is 6.42. The molecule has 1 aromatic carbocycles. The summed E-state index contributed by atoms with van der Waals surface area (Å²) in [5.74, 6) is 3.03. The third kappa shape index (κ3) is 3.83. The zero-order valence-corrected chi connectivity index (χ0v) is 17.3. The van der Waals surface area contributed by atoms with Gasteiger partial charge in [0.25, 0.3) is 0 Å². The van der Waals surface area contributed by atoms with Crippen molar-refractivity contribution in [1.82, 2.24) is 19.7 Å². The number of benzene rings is 1. The molecule has 0 N–H and O–H groups in total. The van der Waals surface area contributed by atoms with E-state index in [9.17, 15) is 4.79 Å². The molecule has 0 bridgehead atoms. The summed E-state index contributed by atoms with van der Waals surface area (Å²) in [5.41, 5.74) is 2.34. The van der Waals surface area contributed by atoms with E-state index >= 15 is 0 Å². The van der Waals surface area contributed by atoms with Crippen molar-refractivity contribution in [3.63, 3.8) is 0 Å². The van der Waals surface area contributed by atoms with Gasteiger partial charge >= 0.3 is 0 Å². The van der Waals surface area contributed by atoms with Crippen molar-refractivity contribution in [2.24, 2.45) is 0 Å². The molecular formula is C20H26N4O3S. The molecule has 7 nitrogen and oxygen atoms in total. The molecule has 2 aliphatic heterocycles. The molecule has 3 heterocycles. The van der Waals surface area contributed by atoms with Gasteiger partial charge in [0.15, 0.2) is 16.7 Å². The highest BCUT2D eigenvalue weighted by molar-refractivity contribution is 7.99. The van der Waals surface area contributed by atoms with Gasteiger partial charge in [-0.15, -0.1) is 10.2 Å². The molecule has 0 saturated heterocycles. The highest BCUT2D eigenvalue weighted by Gasteiger charge is 2.24. The molecule has 0 aliphatic carbocycles. The molecule has 0 spiro atoms. The van der Waals surface area contributed by atoms with E-state index < -0.39 is 0 Å². The lowest BCUT2D eigenvalue weighted by Crippen LogP contribution is -2.37. The Morgan fingerprint density at radius 2 is 1.82 bits per heavy atom. The van der Waals surface area contributed by atoms with Crippen molar-refractivity contribution in [3.8, 4) is 11.5 Å². The summed E-state index contributed by atoms with van der Waals surface area (Å²) in [7, 11) is 3.28. The van der Waals surface area contributed by atoms with E-state index in [4.69, 9.17) is 9.47 Å². The van der Waals surface area contributed by atoms with Gasteiger partial charge in [0.2, 0.25) is 5.91 Å². The van der Waals surface area contributed by atoms with Crippen LogP contribution in [0.4, 0.5) is 0 Å². The van der Waals surface area contributed by atoms with Crippen LogP contribution in [-0.2, 0) is 30.7 Å². The van der Waals surface area contributed by atoms with Crippen LogP contribution in [0.25, 0.3) is 0 Å². The second-order valence-corrected chi connectivity index (χ2v) is 8.13. The van der Waals surface area contributed by atoms with Crippen LogP contribution in [0.3, 0.4) is 0 Å². The van der Waals surface area contributed by atoms with Crippen molar-refractivity contribution < 1.29 is 14.3 Å². The molecule has 0 atom stereocenters. The number of nitrogens with zero attached hydrogens (tertiary/aromatic N) is 4. The van der Waals surface area contributed by atoms with Crippen LogP contribution in [0.5, 0.6) is 11.5 Å². The fraction of sp³-hybridized carbons (Fsp3) is 0.550. The van der Waals surface area contributed by atoms with Crippen molar-refractivity contribution in [2.75, 3.05) is 26.5 Å². The number of thioether (sulfide) groups is 1. The van der Waals surface area contributed by atoms with E-state index in [1.807, 2.05) is 17.0 Å². The summed E-state index contributed by atoms with van der Waals surface area (Å²) in [6, 6.07) is 4.01. The Bertz CT molecular complexity index is 867. The summed E-state index contributed by atoms with van der Waals surface area (Å²) in [6.07, 6.45) is 5.36. The van der Waals surface area contributed by atoms with Gasteiger partial charge in [-0.25, -0.2) is 0 Å². The standard InChI is InChI=1S/C20H26N4O3S/c1-26-16-10-14-7-9-23(12-15(14)11-17(16)27-2)19(25)13-28-20-22-21-18-6-4-3-5-8-24(18)20/h10-11H,3-9,12-13H2,1-2H3. The van der Waals surface area contributed by atoms with Crippen LogP contribution in [0.2, 0.25) is 0 Å². The van der Waals surface area contributed by atoms with Gasteiger partial charge < -0.3 is 18.9 Å². The van der Waals surface area contributed by atoms with E-state index in [-0.39, 0.29) is 5.91 Å². The highest BCUT2D eigenvalue weighted by atomic mass is 32.2. The van der Waals surface area contributed by atoms with Crippen molar-refractivity contribution in [2.45, 2.75) is 50.4 Å². The monoisotopic (exact) mass is 402 g/mol. The molecule has 1 aromatic heterocycles. The Balaban J connectivity index is 1.41. The maximum absolute atomic E-state index is 12.8. The fourth-order valence-corrected chi connectivity index (χ4v) is 4.76. The van der Waals surface area contributed by atoms with Crippen LogP contribution in [0.1, 0.15) is 36.2 Å². The zero-order chi connectivity index (χ0) is 19.5. The summed E-state index contributed by atoms with van der Waals surface area (Å²) in [6.45, 7) is 2.28. The van der Waals surface area contributed by atoms with Gasteiger partial charge in [0, 0.05) is 26.1 Å². The largest absolute Gasteiger partial charge is 0.493 e. The minimum Gasteiger partial charge on any atom is -0.493 e. The van der Waals surface area contributed by atoms with Crippen LogP contribution >= 0.6 is 11.8 Å². The van der Waals surface area contributed by atoms with Crippen molar-refractivity contribution in [3.05, 3.63) is 29.1 Å². The highest BCUT2D eigenvalue weighted by Crippen LogP contribution is 2.33. The number of ether oxygens (including phenoxy) is 2. The lowest BCUT2D eigenvalue weighted by atomic mass is 9.99. The maximum Gasteiger partial charge on any atom is 0.233 e. The molecule has 2 aliphatic rings. The number of aryl methyl sites for hydroxylation is 1. The van der Waals surface area contributed by atoms with Gasteiger partial charge in [0.1, 0.15) is 5.82 Å². The Kier molecular flexibility index (Phi) is 5.75. The predicted octanol–water partition coefficient (Wildman–Crippen LogP) is 2.70. The van der Waals surface area contributed by atoms with Crippen LogP contribution in [0, 0.1) is 0 Å². The third-order valence-electron chi connectivity index (χ3n) is 5.47. The molecule has 1 amide bonds. The topological polar surface area (TPSA) is 69.5 Å². The predicted molar refractivity (Wildman–Crippen MR) is 107 cm³/mol. The van der Waals surface area contributed by atoms with E-state index in [0.29, 0.717) is 18.0 Å². The smallest absolute Gasteiger partial charge is 0.233 e. The molecule has 0 saturated carbocycles. The van der Waals surface area contributed by atoms with E-state index in [1.54, 1.807) is 14.2 Å². The van der Waals surface area contributed by atoms with Gasteiger partial charge in [-0.1, -0.05) is 18.2 Å². The number of fused-ring (bicyclic) bond motifs is 2. The second kappa shape index (κ2) is 8.43. The Morgan fingerprint density at radius 1 is 1.04 bits per heavy atom. The SMILES string of the molecule is COc1cc2c(cc1OC)CN(C(=O)CSc1nnc3n1CCCCC3)CC2. The number of hydrogen-bond donors (Lipinski definition) is 0. The summed E-state index contributed by atoms with van der Waals surface area (Å²) in [4.78, 5) is 14.7. The van der Waals surface area contributed by atoms with Crippen molar-refractivity contribution in [1.29, 1.82) is 0 Å². The molecule has 150 valence electrons. The summed E-state index contributed by atoms with van der Waals surface area (Å²) >= 11 is 1.50. The molecule has 2 aromatic rings. The molecule has 0 radical (unpaired) electrons. The number of amides is 1. The minimum absolute atomic E-state index is 0.136. The number of methoxy groups -OCH3 is 2. The molecule has 0 unspecified atom stereocenters. The molecular weight excluding hydrogens is 376 g/mol. The first-order valence-electron chi connectivity index (χ1n) is 9.76. The van der Waals surface area contributed by atoms with Gasteiger partial charge in [-0.3, -0.25) is 4.79 Å². The van der Waals surface area contributed by atoms with Crippen LogP contribution < -0.4 is 9.47 Å². The number of rotatable bonds is 5. The van der Waals surface area contributed by atoms with Gasteiger partial charge in [0.05, 0.1) is 20.0 Å². The maximum atomic E-state index is 12.8. The molecule has 8 heteroatoms. The van der Waals surface area contributed by atoms with E-state index in [1.165, 1.54) is 30.2 Å². The number of aromatic nitrogens is 3. The number of carbonyl (C=O) groups is 1. The molecule has 4 rings (SSSR count). The summed E-state index contributed by atoms with van der Waals surface area (Å²) in [5, 5.41) is 9.49. The van der Waals surface area contributed by atoms with Crippen LogP contribution in [0.15, 0.2) is 17.3 Å². The Labute approximate surface area is 169 Å². The quantitative estimate of drug-likeness (QED) is 0.717. The van der Waals surface area contributed by atoms with E-state index in [0.717, 1.165) is 54.6 Å². The minimum atomic E-state index is 0.136. The normalized spacial score (nSPS) is 16.1. The summed E-state index contributed by atoms with van der Waals surface area (Å²) < 4.78 is 13.0. The van der Waals surface area contributed by atoms with Crippen molar-refractivity contribution >= 4 is 17.7 Å². The lowest BCUT2D eigenvalue weighted by molar-refractivity contribution is -0.129. The first-order chi connectivity index (χ1) is 13.7. The average molecular weight is 403 g/mol. The Morgan fingerprint density at radius 3 is 2.61 bits per heavy atom. The number of hydrogen-bond acceptors (Lipinski definition) is 6. The first kappa shape index (κ1) is 19.1. The van der Waals surface area contributed by atoms with Gasteiger partial charge in [-0.2, -0.15) is 0 Å². The lowest BCUT2D eigenvalue weighted by Gasteiger charge is -2.29. The molecule has 28 heavy (non-hydrogen) atoms. The first-order valence-corrected chi connectivity index (χ1v) is 10.7. The van der Waals surface area contributed by atoms with E-state index in [2.05, 4.69) is 14.8 Å².